The molecule has 0 aliphatic heterocycles. The fourth-order valence-electron chi connectivity index (χ4n) is 4.99. The van der Waals surface area contributed by atoms with Gasteiger partial charge in [-0.15, -0.1) is 0 Å². The highest BCUT2D eigenvalue weighted by Gasteiger charge is 2.47. The quantitative estimate of drug-likeness (QED) is 0.0762. The highest BCUT2D eigenvalue weighted by Crippen LogP contribution is 2.36. The first-order valence-electron chi connectivity index (χ1n) is 17.6. The van der Waals surface area contributed by atoms with E-state index in [1.165, 1.54) is 76.2 Å². The Kier molecular flexibility index (Phi) is 20.1. The van der Waals surface area contributed by atoms with E-state index in [0.29, 0.717) is 6.61 Å². The lowest BCUT2D eigenvalue weighted by atomic mass is 9.92. The van der Waals surface area contributed by atoms with Crippen LogP contribution in [0.5, 0.6) is 0 Å². The molecule has 0 atom stereocenters. The van der Waals surface area contributed by atoms with Gasteiger partial charge in [-0.1, -0.05) is 88.6 Å². The number of nitrogens with one attached hydrogen (secondary N) is 1. The number of allylic oxidation sites excluding steroid dienone is 1. The predicted octanol–water partition coefficient (Wildman–Crippen LogP) is 9.97. The molecule has 1 aromatic heterocycles. The zero-order valence-electron chi connectivity index (χ0n) is 30.9. The van der Waals surface area contributed by atoms with Crippen LogP contribution in [0.25, 0.3) is 9.70 Å². The highest BCUT2D eigenvalue weighted by molar-refractivity contribution is 8.13. The number of sulfonamides is 2. The van der Waals surface area contributed by atoms with E-state index in [1.807, 2.05) is 39.0 Å². The number of unbranched alkanes of at least 4 members (excludes halogenated alkanes) is 10. The number of ether oxygens (including phenoxy) is 1. The predicted molar refractivity (Wildman–Crippen MR) is 193 cm³/mol. The molecular formula is C36H53F6N3O6S2. The molecule has 2 aromatic rings. The van der Waals surface area contributed by atoms with Crippen molar-refractivity contribution >= 4 is 31.7 Å². The molecule has 1 amide bonds. The van der Waals surface area contributed by atoms with Gasteiger partial charge in [0.2, 0.25) is 0 Å². The lowest BCUT2D eigenvalue weighted by molar-refractivity contribution is -0.697. The first kappa shape index (κ1) is 47.8. The molecule has 0 aliphatic rings. The number of rotatable bonds is 21. The SMILES string of the molecule is C=C(C)c1cccc(C(C)(C)NC(=O)OCCCCCCCCCC[n+]2cccc(CCCCCC)c2)c1.O=S(=O)([N-]S(=O)(=O)C(F)(F)F)C(F)(F)F. The number of nitrogens with zero attached hydrogens (tertiary/aromatic N) is 2. The molecule has 0 unspecified atom stereocenters. The summed E-state index contributed by atoms with van der Waals surface area (Å²) in [5.41, 5.74) is -8.29. The summed E-state index contributed by atoms with van der Waals surface area (Å²) in [4.78, 5) is 12.3. The number of hydrogen-bond donors (Lipinski definition) is 1. The Labute approximate surface area is 310 Å². The van der Waals surface area contributed by atoms with Gasteiger partial charge in [0.05, 0.1) is 12.1 Å². The number of alkyl carbamates (subject to hydrolysis) is 1. The van der Waals surface area contributed by atoms with E-state index in [2.05, 4.69) is 54.0 Å². The summed E-state index contributed by atoms with van der Waals surface area (Å²) in [6.45, 7) is 13.9. The normalized spacial score (nSPS) is 12.5. The number of aryl methyl sites for hydroxylation is 2. The summed E-state index contributed by atoms with van der Waals surface area (Å²) < 4.78 is 117. The number of benzene rings is 1. The van der Waals surface area contributed by atoms with Crippen LogP contribution in [0.15, 0.2) is 55.4 Å². The van der Waals surface area contributed by atoms with Gasteiger partial charge < -0.3 is 14.2 Å². The van der Waals surface area contributed by atoms with Crippen LogP contribution < -0.4 is 9.88 Å². The maximum atomic E-state index is 12.3. The van der Waals surface area contributed by atoms with E-state index in [9.17, 15) is 48.0 Å². The molecule has 2 rings (SSSR count). The molecule has 0 fully saturated rings. The third kappa shape index (κ3) is 18.6. The average molecular weight is 802 g/mol. The van der Waals surface area contributed by atoms with Crippen molar-refractivity contribution in [1.82, 2.24) is 5.32 Å². The maximum absolute atomic E-state index is 12.3. The minimum atomic E-state index is -6.72. The number of aromatic nitrogens is 1. The van der Waals surface area contributed by atoms with Crippen LogP contribution in [0.1, 0.15) is 121 Å². The lowest BCUT2D eigenvalue weighted by Crippen LogP contribution is -2.41. The number of alkyl halides is 6. The number of amides is 1. The fraction of sp³-hybridized carbons (Fsp3) is 0.611. The Morgan fingerprint density at radius 1 is 0.811 bits per heavy atom. The second-order valence-electron chi connectivity index (χ2n) is 13.3. The Morgan fingerprint density at radius 3 is 1.91 bits per heavy atom. The van der Waals surface area contributed by atoms with Crippen LogP contribution >= 0.6 is 0 Å². The van der Waals surface area contributed by atoms with Gasteiger partial charge in [-0.05, 0) is 69.7 Å². The third-order valence-electron chi connectivity index (χ3n) is 8.06. The van der Waals surface area contributed by atoms with Gasteiger partial charge in [0.15, 0.2) is 32.4 Å². The monoisotopic (exact) mass is 801 g/mol. The second-order valence-corrected chi connectivity index (χ2v) is 16.7. The molecule has 0 aliphatic carbocycles. The molecule has 0 saturated heterocycles. The Hall–Kier alpha value is -3.18. The van der Waals surface area contributed by atoms with Gasteiger partial charge in [-0.2, -0.15) is 26.3 Å². The van der Waals surface area contributed by atoms with Crippen LogP contribution in [0, 0.1) is 0 Å². The molecular weight excluding hydrogens is 749 g/mol. The lowest BCUT2D eigenvalue weighted by Gasteiger charge is -2.27. The van der Waals surface area contributed by atoms with E-state index >= 15 is 0 Å². The number of carbonyl (C=O) groups excluding carboxylic acids is 1. The minimum absolute atomic E-state index is 0.351. The Morgan fingerprint density at radius 2 is 1.36 bits per heavy atom. The Bertz CT molecular complexity index is 1610. The van der Waals surface area contributed by atoms with Crippen molar-refractivity contribution in [2.24, 2.45) is 0 Å². The third-order valence-corrected chi connectivity index (χ3v) is 10.8. The summed E-state index contributed by atoms with van der Waals surface area (Å²) in [5.74, 6) is 0. The van der Waals surface area contributed by atoms with Crippen molar-refractivity contribution in [2.75, 3.05) is 6.61 Å². The van der Waals surface area contributed by atoms with E-state index in [0.717, 1.165) is 40.2 Å². The number of carbonyl (C=O) groups is 1. The molecule has 1 heterocycles. The van der Waals surface area contributed by atoms with Crippen molar-refractivity contribution in [1.29, 1.82) is 0 Å². The summed E-state index contributed by atoms with van der Waals surface area (Å²) in [7, 11) is -13.4. The van der Waals surface area contributed by atoms with Crippen molar-refractivity contribution in [3.05, 3.63) is 76.2 Å². The first-order valence-corrected chi connectivity index (χ1v) is 20.5. The first-order chi connectivity index (χ1) is 24.5. The van der Waals surface area contributed by atoms with Crippen molar-refractivity contribution in [2.45, 2.75) is 134 Å². The van der Waals surface area contributed by atoms with Gasteiger partial charge in [0.25, 0.3) is 0 Å². The number of halogens is 6. The van der Waals surface area contributed by atoms with Crippen molar-refractivity contribution in [3.63, 3.8) is 0 Å². The summed E-state index contributed by atoms with van der Waals surface area (Å²) in [6, 6.07) is 12.6. The molecule has 0 bridgehead atoms. The average Bonchev–Trinajstić information content (AvgIpc) is 3.04. The van der Waals surface area contributed by atoms with Crippen LogP contribution in [0.4, 0.5) is 31.1 Å². The largest absolute Gasteiger partial charge is 0.480 e. The van der Waals surface area contributed by atoms with Crippen molar-refractivity contribution in [3.8, 4) is 0 Å². The topological polar surface area (TPSA) is 125 Å². The standard InChI is InChI=1S/C34H52N2O2.C2F6NO4S2/c1-6-7-8-15-20-30-21-19-25-36(28-30)24-16-13-11-9-10-12-14-17-26-38-33(37)35-34(4,5)32-23-18-22-31(27-32)29(2)3;3-1(4,5)14(10,11)9-15(12,13)2(6,7)8/h18-19,21-23,25,27-28H,2,6-17,20,24,26H2,1,3-5H3;/q;-1/p+1. The summed E-state index contributed by atoms with van der Waals surface area (Å²) in [5, 5.41) is 3.01. The minimum Gasteiger partial charge on any atom is -0.450 e. The zero-order chi connectivity index (χ0) is 40.3. The van der Waals surface area contributed by atoms with E-state index in [1.54, 1.807) is 0 Å². The number of pyridine rings is 1. The maximum Gasteiger partial charge on any atom is 0.480 e. The smallest absolute Gasteiger partial charge is 0.450 e. The fourth-order valence-corrected chi connectivity index (χ4v) is 6.70. The summed E-state index contributed by atoms with van der Waals surface area (Å²) in [6.07, 6.45) is 20.3. The van der Waals surface area contributed by atoms with Gasteiger partial charge >= 0.3 is 17.1 Å². The van der Waals surface area contributed by atoms with Gasteiger partial charge in [-0.25, -0.2) is 26.2 Å². The highest BCUT2D eigenvalue weighted by atomic mass is 32.3. The van der Waals surface area contributed by atoms with Gasteiger partial charge in [-0.3, -0.25) is 0 Å². The molecule has 1 N–H and O–H groups in total. The summed E-state index contributed by atoms with van der Waals surface area (Å²) >= 11 is 0. The second kappa shape index (κ2) is 22.3. The molecule has 1 aromatic carbocycles. The van der Waals surface area contributed by atoms with Crippen LogP contribution in [0.3, 0.4) is 0 Å². The van der Waals surface area contributed by atoms with Crippen LogP contribution in [0.2, 0.25) is 0 Å². The van der Waals surface area contributed by atoms with E-state index < -0.39 is 36.6 Å². The molecule has 0 radical (unpaired) electrons. The Balaban J connectivity index is 0.000000787. The molecule has 302 valence electrons. The van der Waals surface area contributed by atoms with Gasteiger partial charge in [0.1, 0.15) is 6.54 Å². The molecule has 53 heavy (non-hydrogen) atoms. The van der Waals surface area contributed by atoms with Crippen molar-refractivity contribution < 1.29 is 57.3 Å². The van der Waals surface area contributed by atoms with E-state index in [4.69, 9.17) is 4.74 Å². The van der Waals surface area contributed by atoms with E-state index in [-0.39, 0.29) is 6.09 Å². The molecule has 0 saturated carbocycles. The number of hydrogen-bond acceptors (Lipinski definition) is 6. The zero-order valence-corrected chi connectivity index (χ0v) is 32.5. The molecule has 9 nitrogen and oxygen atoms in total. The van der Waals surface area contributed by atoms with Gasteiger partial charge in [0, 0.05) is 18.1 Å². The molecule has 17 heteroatoms. The van der Waals surface area contributed by atoms with Crippen LogP contribution in [-0.2, 0) is 43.3 Å². The molecule has 0 spiro atoms. The van der Waals surface area contributed by atoms with Crippen LogP contribution in [-0.4, -0.2) is 40.6 Å².